The van der Waals surface area contributed by atoms with Gasteiger partial charge in [-0.05, 0) is 37.5 Å². The van der Waals surface area contributed by atoms with Crippen LogP contribution >= 0.6 is 0 Å². The van der Waals surface area contributed by atoms with Crippen LogP contribution in [0.2, 0.25) is 0 Å². The lowest BCUT2D eigenvalue weighted by molar-refractivity contribution is -0.146. The summed E-state index contributed by atoms with van der Waals surface area (Å²) in [6, 6.07) is 0. The van der Waals surface area contributed by atoms with Gasteiger partial charge < -0.3 is 10.5 Å². The maximum atomic E-state index is 11.6. The van der Waals surface area contributed by atoms with E-state index in [2.05, 4.69) is 6.92 Å². The number of hydrogen-bond donors (Lipinski definition) is 1. The Kier molecular flexibility index (Phi) is 3.01. The maximum absolute atomic E-state index is 11.6. The minimum Gasteiger partial charge on any atom is -0.367 e. The lowest BCUT2D eigenvalue weighted by Crippen LogP contribution is -2.50. The van der Waals surface area contributed by atoms with E-state index in [1.54, 1.807) is 0 Å². The van der Waals surface area contributed by atoms with E-state index in [0.717, 1.165) is 31.6 Å². The highest BCUT2D eigenvalue weighted by molar-refractivity contribution is 5.84. The van der Waals surface area contributed by atoms with Gasteiger partial charge in [0.2, 0.25) is 5.91 Å². The molecule has 1 amide bonds. The van der Waals surface area contributed by atoms with Gasteiger partial charge in [-0.3, -0.25) is 4.79 Å². The summed E-state index contributed by atoms with van der Waals surface area (Å²) in [4.78, 5) is 11.6. The predicted octanol–water partition coefficient (Wildman–Crippen LogP) is 1.85. The normalized spacial score (nSPS) is 41.7. The van der Waals surface area contributed by atoms with Crippen molar-refractivity contribution in [2.45, 2.75) is 51.0 Å². The van der Waals surface area contributed by atoms with Crippen molar-refractivity contribution in [3.8, 4) is 0 Å². The number of primary amides is 1. The molecule has 2 fully saturated rings. The second-order valence-electron chi connectivity index (χ2n) is 5.16. The Bertz CT molecular complexity index is 238. The monoisotopic (exact) mass is 211 g/mol. The first-order chi connectivity index (χ1) is 7.15. The van der Waals surface area contributed by atoms with E-state index in [1.807, 2.05) is 0 Å². The second kappa shape index (κ2) is 4.12. The molecule has 0 radical (unpaired) electrons. The number of rotatable bonds is 2. The first-order valence-corrected chi connectivity index (χ1v) is 6.09. The molecule has 15 heavy (non-hydrogen) atoms. The van der Waals surface area contributed by atoms with E-state index in [0.29, 0.717) is 12.5 Å². The van der Waals surface area contributed by atoms with Gasteiger partial charge in [0, 0.05) is 6.61 Å². The van der Waals surface area contributed by atoms with E-state index < -0.39 is 5.60 Å². The molecule has 0 bridgehead atoms. The minimum atomic E-state index is -0.611. The van der Waals surface area contributed by atoms with Crippen molar-refractivity contribution in [1.82, 2.24) is 0 Å². The van der Waals surface area contributed by atoms with Crippen LogP contribution in [0.25, 0.3) is 0 Å². The predicted molar refractivity (Wildman–Crippen MR) is 58.2 cm³/mol. The summed E-state index contributed by atoms with van der Waals surface area (Å²) in [6.45, 7) is 2.98. The van der Waals surface area contributed by atoms with Crippen LogP contribution in [0.4, 0.5) is 0 Å². The Labute approximate surface area is 91.4 Å². The molecule has 2 N–H and O–H groups in total. The number of hydrogen-bond acceptors (Lipinski definition) is 2. The molecule has 0 aromatic carbocycles. The van der Waals surface area contributed by atoms with Crippen molar-refractivity contribution >= 4 is 5.91 Å². The summed E-state index contributed by atoms with van der Waals surface area (Å²) in [5.41, 5.74) is 4.92. The fourth-order valence-electron chi connectivity index (χ4n) is 3.11. The number of ether oxygens (including phenoxy) is 1. The molecule has 1 aliphatic heterocycles. The topological polar surface area (TPSA) is 52.3 Å². The molecule has 2 rings (SSSR count). The molecule has 3 nitrogen and oxygen atoms in total. The molecule has 0 spiro atoms. The van der Waals surface area contributed by atoms with Gasteiger partial charge in [0.05, 0.1) is 0 Å². The number of carbonyl (C=O) groups is 1. The van der Waals surface area contributed by atoms with Gasteiger partial charge in [-0.25, -0.2) is 0 Å². The number of nitrogens with two attached hydrogens (primary N) is 1. The van der Waals surface area contributed by atoms with Crippen LogP contribution in [-0.4, -0.2) is 18.1 Å². The molecule has 1 unspecified atom stereocenters. The summed E-state index contributed by atoms with van der Waals surface area (Å²) < 4.78 is 5.70. The molecule has 0 aromatic rings. The van der Waals surface area contributed by atoms with Crippen LogP contribution in [0, 0.1) is 11.8 Å². The van der Waals surface area contributed by atoms with Crippen LogP contribution < -0.4 is 5.73 Å². The molecule has 3 heteroatoms. The molecule has 2 aliphatic rings. The SMILES string of the molecule is CC1CCC(C2(C(N)=O)CCCO2)CC1. The second-order valence-corrected chi connectivity index (χ2v) is 5.16. The average molecular weight is 211 g/mol. The molecule has 1 heterocycles. The van der Waals surface area contributed by atoms with Crippen LogP contribution in [0.5, 0.6) is 0 Å². The van der Waals surface area contributed by atoms with E-state index in [1.165, 1.54) is 12.8 Å². The molecule has 1 saturated carbocycles. The largest absolute Gasteiger partial charge is 0.367 e. The van der Waals surface area contributed by atoms with Gasteiger partial charge in [-0.1, -0.05) is 19.8 Å². The van der Waals surface area contributed by atoms with Crippen LogP contribution in [0.1, 0.15) is 45.4 Å². The quantitative estimate of drug-likeness (QED) is 0.757. The third-order valence-corrected chi connectivity index (χ3v) is 4.14. The summed E-state index contributed by atoms with van der Waals surface area (Å²) >= 11 is 0. The van der Waals surface area contributed by atoms with Gasteiger partial charge in [0.25, 0.3) is 0 Å². The third-order valence-electron chi connectivity index (χ3n) is 4.14. The molecule has 1 aliphatic carbocycles. The third kappa shape index (κ3) is 1.89. The van der Waals surface area contributed by atoms with Crippen LogP contribution in [0.15, 0.2) is 0 Å². The highest BCUT2D eigenvalue weighted by Gasteiger charge is 2.48. The van der Waals surface area contributed by atoms with E-state index in [-0.39, 0.29) is 5.91 Å². The first kappa shape index (κ1) is 10.9. The van der Waals surface area contributed by atoms with Gasteiger partial charge in [-0.15, -0.1) is 0 Å². The summed E-state index contributed by atoms with van der Waals surface area (Å²) in [6.07, 6.45) is 6.44. The van der Waals surface area contributed by atoms with Crippen molar-refractivity contribution in [2.75, 3.05) is 6.61 Å². The fourth-order valence-corrected chi connectivity index (χ4v) is 3.11. The Morgan fingerprint density at radius 2 is 2.00 bits per heavy atom. The zero-order valence-corrected chi connectivity index (χ0v) is 9.50. The maximum Gasteiger partial charge on any atom is 0.249 e. The van der Waals surface area contributed by atoms with E-state index in [4.69, 9.17) is 10.5 Å². The van der Waals surface area contributed by atoms with Crippen molar-refractivity contribution in [3.63, 3.8) is 0 Å². The first-order valence-electron chi connectivity index (χ1n) is 6.09. The lowest BCUT2D eigenvalue weighted by atomic mass is 9.72. The fraction of sp³-hybridized carbons (Fsp3) is 0.917. The van der Waals surface area contributed by atoms with Crippen molar-refractivity contribution in [2.24, 2.45) is 17.6 Å². The van der Waals surface area contributed by atoms with Gasteiger partial charge in [0.1, 0.15) is 5.60 Å². The van der Waals surface area contributed by atoms with Crippen molar-refractivity contribution < 1.29 is 9.53 Å². The molecule has 0 aromatic heterocycles. The zero-order valence-electron chi connectivity index (χ0n) is 9.50. The number of carbonyl (C=O) groups excluding carboxylic acids is 1. The molecular formula is C12H21NO2. The number of amides is 1. The van der Waals surface area contributed by atoms with E-state index >= 15 is 0 Å². The van der Waals surface area contributed by atoms with Gasteiger partial charge in [0.15, 0.2) is 0 Å². The van der Waals surface area contributed by atoms with E-state index in [9.17, 15) is 4.79 Å². The van der Waals surface area contributed by atoms with Crippen molar-refractivity contribution in [1.29, 1.82) is 0 Å². The molecule has 86 valence electrons. The van der Waals surface area contributed by atoms with Crippen LogP contribution in [0.3, 0.4) is 0 Å². The highest BCUT2D eigenvalue weighted by atomic mass is 16.5. The molecule has 1 atom stereocenters. The summed E-state index contributed by atoms with van der Waals surface area (Å²) in [5.74, 6) is 0.931. The lowest BCUT2D eigenvalue weighted by Gasteiger charge is -2.37. The van der Waals surface area contributed by atoms with Gasteiger partial charge in [-0.2, -0.15) is 0 Å². The summed E-state index contributed by atoms with van der Waals surface area (Å²) in [7, 11) is 0. The molecular weight excluding hydrogens is 190 g/mol. The summed E-state index contributed by atoms with van der Waals surface area (Å²) in [5, 5.41) is 0. The smallest absolute Gasteiger partial charge is 0.249 e. The Hall–Kier alpha value is -0.570. The minimum absolute atomic E-state index is 0.237. The van der Waals surface area contributed by atoms with Crippen molar-refractivity contribution in [3.05, 3.63) is 0 Å². The zero-order chi connectivity index (χ0) is 10.9. The highest BCUT2D eigenvalue weighted by Crippen LogP contribution is 2.42. The Morgan fingerprint density at radius 3 is 2.47 bits per heavy atom. The molecule has 1 saturated heterocycles. The average Bonchev–Trinajstić information content (AvgIpc) is 2.69. The van der Waals surface area contributed by atoms with Crippen LogP contribution in [-0.2, 0) is 9.53 Å². The Morgan fingerprint density at radius 1 is 1.33 bits per heavy atom. The standard InChI is InChI=1S/C12H21NO2/c1-9-3-5-10(6-4-9)12(11(13)14)7-2-8-15-12/h9-10H,2-8H2,1H3,(H2,13,14). The van der Waals surface area contributed by atoms with Gasteiger partial charge >= 0.3 is 0 Å². The Balaban J connectivity index is 2.08.